The average molecular weight is 188 g/mol. The van der Waals surface area contributed by atoms with E-state index < -0.39 is 17.4 Å². The molecule has 0 rings (SSSR count). The monoisotopic (exact) mass is 188 g/mol. The van der Waals surface area contributed by atoms with Crippen LogP contribution in [0.5, 0.6) is 0 Å². The fraction of sp³-hybridized carbons (Fsp3) is 0.778. The zero-order valence-corrected chi connectivity index (χ0v) is 8.50. The van der Waals surface area contributed by atoms with Crippen molar-refractivity contribution in [1.82, 2.24) is 4.90 Å². The maximum Gasteiger partial charge on any atom is 0.326 e. The number of aliphatic carboxylic acids is 1. The molecular weight excluding hydrogens is 170 g/mol. The second-order valence-corrected chi connectivity index (χ2v) is 4.04. The second-order valence-electron chi connectivity index (χ2n) is 4.04. The lowest BCUT2D eigenvalue weighted by atomic mass is 9.94. The van der Waals surface area contributed by atoms with Crippen molar-refractivity contribution < 1.29 is 16.1 Å². The van der Waals surface area contributed by atoms with Gasteiger partial charge in [-0.25, -0.2) is 4.79 Å². The van der Waals surface area contributed by atoms with Gasteiger partial charge in [-0.3, -0.25) is 4.79 Å². The number of likely N-dealkylation sites (N-methyl/N-ethyl adjacent to an activating group) is 1. The highest BCUT2D eigenvalue weighted by molar-refractivity contribution is 5.86. The van der Waals surface area contributed by atoms with Crippen molar-refractivity contribution in [2.24, 2.45) is 5.41 Å². The predicted molar refractivity (Wildman–Crippen MR) is 49.3 cm³/mol. The van der Waals surface area contributed by atoms with E-state index in [0.29, 0.717) is 0 Å². The van der Waals surface area contributed by atoms with Gasteiger partial charge in [0.2, 0.25) is 5.91 Å². The maximum atomic E-state index is 11.7. The summed E-state index contributed by atoms with van der Waals surface area (Å²) < 4.78 is 7.14. The number of carbonyl (C=O) groups is 2. The number of carboxylic acid groups (broad SMARTS) is 1. The van der Waals surface area contributed by atoms with E-state index in [9.17, 15) is 9.59 Å². The summed E-state index contributed by atoms with van der Waals surface area (Å²) in [5.74, 6) is -1.41. The minimum atomic E-state index is -1.09. The Kier molecular flexibility index (Phi) is 2.90. The topological polar surface area (TPSA) is 57.6 Å². The molecule has 1 amide bonds. The number of rotatable bonds is 2. The van der Waals surface area contributed by atoms with Crippen LogP contribution in [0.25, 0.3) is 0 Å². The smallest absolute Gasteiger partial charge is 0.326 e. The van der Waals surface area contributed by atoms with E-state index in [1.807, 2.05) is 0 Å². The molecule has 1 N–H and O–H groups in total. The third-order valence-electron chi connectivity index (χ3n) is 1.73. The van der Waals surface area contributed by atoms with E-state index >= 15 is 0 Å². The van der Waals surface area contributed by atoms with Crippen LogP contribution in [0.2, 0.25) is 0 Å². The van der Waals surface area contributed by atoms with Gasteiger partial charge in [0.1, 0.15) is 6.04 Å². The van der Waals surface area contributed by atoms with Gasteiger partial charge >= 0.3 is 5.97 Å². The molecule has 4 heteroatoms. The van der Waals surface area contributed by atoms with Crippen LogP contribution in [-0.4, -0.2) is 34.9 Å². The summed E-state index contributed by atoms with van der Waals surface area (Å²) in [5.41, 5.74) is -0.648. The Balaban J connectivity index is 4.74. The molecule has 0 spiro atoms. The van der Waals surface area contributed by atoms with E-state index in [4.69, 9.17) is 6.48 Å². The SMILES string of the molecule is [2H]CN(C(=O)C(C)(C)C)[C@@H](C)C(=O)O. The Labute approximate surface area is 79.9 Å². The van der Waals surface area contributed by atoms with Crippen LogP contribution in [0.1, 0.15) is 29.1 Å². The van der Waals surface area contributed by atoms with Crippen LogP contribution in [-0.2, 0) is 9.59 Å². The summed E-state index contributed by atoms with van der Waals surface area (Å²) in [6, 6.07) is -0.945. The first-order valence-corrected chi connectivity index (χ1v) is 4.05. The van der Waals surface area contributed by atoms with Crippen LogP contribution < -0.4 is 0 Å². The van der Waals surface area contributed by atoms with Gasteiger partial charge in [-0.15, -0.1) is 0 Å². The van der Waals surface area contributed by atoms with Crippen molar-refractivity contribution in [1.29, 1.82) is 0 Å². The third kappa shape index (κ3) is 3.05. The number of carboxylic acids is 1. The van der Waals surface area contributed by atoms with Crippen LogP contribution >= 0.6 is 0 Å². The van der Waals surface area contributed by atoms with E-state index in [2.05, 4.69) is 0 Å². The molecule has 0 heterocycles. The van der Waals surface area contributed by atoms with Gasteiger partial charge in [-0.05, 0) is 6.92 Å². The lowest BCUT2D eigenvalue weighted by Gasteiger charge is -2.28. The van der Waals surface area contributed by atoms with Crippen LogP contribution in [0, 0.1) is 5.41 Å². The van der Waals surface area contributed by atoms with Gasteiger partial charge < -0.3 is 10.0 Å². The van der Waals surface area contributed by atoms with Crippen molar-refractivity contribution in [2.75, 3.05) is 7.02 Å². The lowest BCUT2D eigenvalue weighted by molar-refractivity contribution is -0.151. The molecule has 0 aliphatic heterocycles. The third-order valence-corrected chi connectivity index (χ3v) is 1.73. The van der Waals surface area contributed by atoms with E-state index in [-0.39, 0.29) is 12.9 Å². The van der Waals surface area contributed by atoms with Crippen molar-refractivity contribution in [3.63, 3.8) is 0 Å². The minimum absolute atomic E-state index is 0.317. The summed E-state index contributed by atoms with van der Waals surface area (Å²) in [6.07, 6.45) is 0. The van der Waals surface area contributed by atoms with Crippen molar-refractivity contribution in [3.05, 3.63) is 0 Å². The Morgan fingerprint density at radius 3 is 2.15 bits per heavy atom. The molecule has 0 aromatic carbocycles. The number of carbonyl (C=O) groups excluding carboxylic acids is 1. The van der Waals surface area contributed by atoms with Crippen molar-refractivity contribution in [3.8, 4) is 0 Å². The Morgan fingerprint density at radius 1 is 1.46 bits per heavy atom. The van der Waals surface area contributed by atoms with E-state index in [1.54, 1.807) is 20.8 Å². The Morgan fingerprint density at radius 2 is 1.92 bits per heavy atom. The maximum absolute atomic E-state index is 11.7. The molecule has 4 nitrogen and oxygen atoms in total. The zero-order valence-electron chi connectivity index (χ0n) is 9.50. The fourth-order valence-corrected chi connectivity index (χ4v) is 0.740. The first-order valence-electron chi connectivity index (χ1n) is 4.75. The molecule has 13 heavy (non-hydrogen) atoms. The highest BCUT2D eigenvalue weighted by Gasteiger charge is 2.30. The molecule has 0 fully saturated rings. The quantitative estimate of drug-likeness (QED) is 0.702. The molecule has 0 aliphatic carbocycles. The summed E-state index contributed by atoms with van der Waals surface area (Å²) in [5, 5.41) is 8.72. The van der Waals surface area contributed by atoms with E-state index in [1.165, 1.54) is 6.92 Å². The Bertz CT molecular complexity index is 235. The summed E-state index contributed by atoms with van der Waals surface area (Å²) in [4.78, 5) is 23.4. The normalized spacial score (nSPS) is 14.6. The molecule has 0 aromatic heterocycles. The number of nitrogens with zero attached hydrogens (tertiary/aromatic N) is 1. The number of hydrogen-bond donors (Lipinski definition) is 1. The molecular formula is C9H17NO3. The van der Waals surface area contributed by atoms with Crippen LogP contribution in [0.15, 0.2) is 0 Å². The average Bonchev–Trinajstić information content (AvgIpc) is 2.03. The largest absolute Gasteiger partial charge is 0.480 e. The minimum Gasteiger partial charge on any atom is -0.480 e. The number of hydrogen-bond acceptors (Lipinski definition) is 2. The molecule has 0 bridgehead atoms. The molecule has 76 valence electrons. The highest BCUT2D eigenvalue weighted by Crippen LogP contribution is 2.17. The van der Waals surface area contributed by atoms with Crippen molar-refractivity contribution >= 4 is 11.9 Å². The second kappa shape index (κ2) is 3.77. The zero-order chi connectivity index (χ0) is 11.5. The molecule has 0 radical (unpaired) electrons. The van der Waals surface area contributed by atoms with E-state index in [0.717, 1.165) is 4.90 Å². The Hall–Kier alpha value is -1.06. The van der Waals surface area contributed by atoms with Gasteiger partial charge in [0, 0.05) is 13.8 Å². The van der Waals surface area contributed by atoms with Crippen LogP contribution in [0.4, 0.5) is 0 Å². The predicted octanol–water partition coefficient (Wildman–Crippen LogP) is 0.964. The molecule has 1 atom stereocenters. The molecule has 0 unspecified atom stereocenters. The van der Waals surface area contributed by atoms with Crippen molar-refractivity contribution in [2.45, 2.75) is 33.7 Å². The summed E-state index contributed by atoms with van der Waals surface area (Å²) in [6.45, 7) is 6.51. The fourth-order valence-electron chi connectivity index (χ4n) is 0.740. The molecule has 0 aliphatic rings. The highest BCUT2D eigenvalue weighted by atomic mass is 16.4. The standard InChI is InChI=1S/C9H17NO3/c1-6(7(11)12)10(5)8(13)9(2,3)4/h6H,1-5H3,(H,11,12)/t6-/m0/s1/i5D. The van der Waals surface area contributed by atoms with Gasteiger partial charge in [0.25, 0.3) is 0 Å². The summed E-state index contributed by atoms with van der Waals surface area (Å²) >= 11 is 0. The molecule has 0 saturated carbocycles. The van der Waals surface area contributed by atoms with Gasteiger partial charge in [0.15, 0.2) is 0 Å². The van der Waals surface area contributed by atoms with Gasteiger partial charge in [0.05, 0.1) is 0 Å². The molecule has 0 aromatic rings. The molecule has 0 saturated heterocycles. The summed E-state index contributed by atoms with van der Waals surface area (Å²) in [7, 11) is -0.330. The lowest BCUT2D eigenvalue weighted by Crippen LogP contribution is -2.45. The van der Waals surface area contributed by atoms with Gasteiger partial charge in [-0.1, -0.05) is 20.8 Å². The number of amides is 1. The van der Waals surface area contributed by atoms with Crippen LogP contribution in [0.3, 0.4) is 0 Å². The van der Waals surface area contributed by atoms with Gasteiger partial charge in [-0.2, -0.15) is 0 Å². The first-order chi connectivity index (χ1) is 6.21. The first kappa shape index (κ1) is 10.0.